The van der Waals surface area contributed by atoms with Crippen LogP contribution in [-0.4, -0.2) is 40.2 Å². The predicted octanol–water partition coefficient (Wildman–Crippen LogP) is 1.44. The van der Waals surface area contributed by atoms with Crippen LogP contribution >= 0.6 is 11.6 Å². The monoisotopic (exact) mass is 303 g/mol. The van der Waals surface area contributed by atoms with Crippen molar-refractivity contribution in [1.82, 2.24) is 0 Å². The molecule has 0 radical (unpaired) electrons. The van der Waals surface area contributed by atoms with Gasteiger partial charge in [-0.25, -0.2) is 8.42 Å². The number of hydrogen-bond acceptors (Lipinski definition) is 4. The molecule has 6 heteroatoms. The highest BCUT2D eigenvalue weighted by Crippen LogP contribution is 2.62. The quantitative estimate of drug-likeness (QED) is 0.893. The summed E-state index contributed by atoms with van der Waals surface area (Å²) in [7, 11) is -1.61. The third-order valence-corrected chi connectivity index (χ3v) is 5.78. The topological polar surface area (TPSA) is 69.4 Å². The van der Waals surface area contributed by atoms with Crippen LogP contribution in [0, 0.1) is 5.41 Å². The number of hydrogen-bond donors (Lipinski definition) is 1. The van der Waals surface area contributed by atoms with Gasteiger partial charge in [-0.1, -0.05) is 23.7 Å². The number of ether oxygens (including phenoxy) is 1. The van der Waals surface area contributed by atoms with E-state index in [1.165, 1.54) is 6.26 Å². The summed E-state index contributed by atoms with van der Waals surface area (Å²) in [5, 5.41) is 0.150. The van der Waals surface area contributed by atoms with Crippen LogP contribution in [0.3, 0.4) is 0 Å². The predicted molar refractivity (Wildman–Crippen MR) is 76.2 cm³/mol. The standard InChI is InChI=1S/C13H18ClNO3S/c1-18-8-13(7-15)11(12(13)19(2,16)17)9-3-5-10(14)6-4-9/h3-6,11-12H,7-8,15H2,1-2H3/t11-,12-,13-/m1/s1. The van der Waals surface area contributed by atoms with Crippen molar-refractivity contribution in [3.63, 3.8) is 0 Å². The molecule has 0 spiro atoms. The molecular formula is C13H18ClNO3S. The summed E-state index contributed by atoms with van der Waals surface area (Å²) in [5.74, 6) is -0.121. The Kier molecular flexibility index (Phi) is 3.93. The summed E-state index contributed by atoms with van der Waals surface area (Å²) in [6.07, 6.45) is 1.26. The zero-order valence-electron chi connectivity index (χ0n) is 11.0. The first-order valence-electron chi connectivity index (χ1n) is 6.00. The number of rotatable bonds is 5. The molecule has 1 saturated carbocycles. The van der Waals surface area contributed by atoms with Crippen molar-refractivity contribution < 1.29 is 13.2 Å². The average Bonchev–Trinajstić information content (AvgIpc) is 3.00. The average molecular weight is 304 g/mol. The summed E-state index contributed by atoms with van der Waals surface area (Å²) in [5.41, 5.74) is 6.26. The van der Waals surface area contributed by atoms with Gasteiger partial charge in [-0.05, 0) is 17.7 Å². The minimum absolute atomic E-state index is 0.121. The van der Waals surface area contributed by atoms with Crippen LogP contribution in [0.25, 0.3) is 0 Å². The van der Waals surface area contributed by atoms with E-state index < -0.39 is 20.5 Å². The van der Waals surface area contributed by atoms with Crippen LogP contribution < -0.4 is 5.73 Å². The molecule has 3 atom stereocenters. The van der Waals surface area contributed by atoms with E-state index in [0.29, 0.717) is 11.6 Å². The second-order valence-corrected chi connectivity index (χ2v) is 7.75. The maximum atomic E-state index is 12.0. The van der Waals surface area contributed by atoms with Gasteiger partial charge in [0.2, 0.25) is 0 Å². The number of benzene rings is 1. The van der Waals surface area contributed by atoms with Gasteiger partial charge in [-0.2, -0.15) is 0 Å². The van der Waals surface area contributed by atoms with Crippen molar-refractivity contribution in [2.45, 2.75) is 11.2 Å². The highest BCUT2D eigenvalue weighted by molar-refractivity contribution is 7.91. The molecule has 1 aliphatic rings. The van der Waals surface area contributed by atoms with Crippen molar-refractivity contribution >= 4 is 21.4 Å². The molecule has 0 heterocycles. The van der Waals surface area contributed by atoms with Gasteiger partial charge in [0.25, 0.3) is 0 Å². The first kappa shape index (κ1) is 14.8. The normalized spacial score (nSPS) is 30.3. The smallest absolute Gasteiger partial charge is 0.151 e. The van der Waals surface area contributed by atoms with Crippen molar-refractivity contribution in [2.75, 3.05) is 26.5 Å². The lowest BCUT2D eigenvalue weighted by Crippen LogP contribution is -2.28. The Morgan fingerprint density at radius 1 is 1.37 bits per heavy atom. The fraction of sp³-hybridized carbons (Fsp3) is 0.538. The lowest BCUT2D eigenvalue weighted by Gasteiger charge is -2.14. The van der Waals surface area contributed by atoms with Gasteiger partial charge >= 0.3 is 0 Å². The van der Waals surface area contributed by atoms with Crippen LogP contribution in [0.1, 0.15) is 11.5 Å². The number of halogens is 1. The van der Waals surface area contributed by atoms with E-state index in [4.69, 9.17) is 22.1 Å². The number of nitrogens with two attached hydrogens (primary N) is 1. The molecule has 0 aliphatic heterocycles. The van der Waals surface area contributed by atoms with Gasteiger partial charge in [0.05, 0.1) is 11.9 Å². The molecule has 0 saturated heterocycles. The van der Waals surface area contributed by atoms with Gasteiger partial charge in [0.1, 0.15) is 0 Å². The molecule has 0 unspecified atom stereocenters. The van der Waals surface area contributed by atoms with Crippen LogP contribution in [0.4, 0.5) is 0 Å². The molecular weight excluding hydrogens is 286 g/mol. The van der Waals surface area contributed by atoms with Gasteiger partial charge in [0, 0.05) is 36.3 Å². The Balaban J connectivity index is 2.40. The number of methoxy groups -OCH3 is 1. The summed E-state index contributed by atoms with van der Waals surface area (Å²) in [6.45, 7) is 0.625. The van der Waals surface area contributed by atoms with Gasteiger partial charge < -0.3 is 10.5 Å². The molecule has 0 aromatic heterocycles. The Morgan fingerprint density at radius 2 is 1.95 bits per heavy atom. The summed E-state index contributed by atoms with van der Waals surface area (Å²) >= 11 is 5.86. The lowest BCUT2D eigenvalue weighted by atomic mass is 10.0. The van der Waals surface area contributed by atoms with E-state index in [0.717, 1.165) is 5.56 Å². The molecule has 4 nitrogen and oxygen atoms in total. The molecule has 1 fully saturated rings. The van der Waals surface area contributed by atoms with E-state index in [1.54, 1.807) is 19.2 Å². The second kappa shape index (κ2) is 5.05. The Hall–Kier alpha value is -0.620. The van der Waals surface area contributed by atoms with E-state index in [2.05, 4.69) is 0 Å². The third kappa shape index (κ3) is 2.52. The Labute approximate surface area is 118 Å². The Bertz CT molecular complexity index is 558. The minimum atomic E-state index is -3.17. The van der Waals surface area contributed by atoms with Crippen molar-refractivity contribution in [1.29, 1.82) is 0 Å². The van der Waals surface area contributed by atoms with Crippen LogP contribution in [0.5, 0.6) is 0 Å². The Morgan fingerprint density at radius 3 is 2.37 bits per heavy atom. The zero-order chi connectivity index (χ0) is 14.3. The molecule has 1 aromatic carbocycles. The van der Waals surface area contributed by atoms with Crippen molar-refractivity contribution in [3.05, 3.63) is 34.9 Å². The van der Waals surface area contributed by atoms with Gasteiger partial charge in [-0.15, -0.1) is 0 Å². The molecule has 0 amide bonds. The SMILES string of the molecule is COC[C@]1(CN)[C@H](c2ccc(Cl)cc2)[C@H]1S(C)(=O)=O. The van der Waals surface area contributed by atoms with Crippen molar-refractivity contribution in [3.8, 4) is 0 Å². The highest BCUT2D eigenvalue weighted by Gasteiger charge is 2.69. The second-order valence-electron chi connectivity index (χ2n) is 5.15. The molecule has 106 valence electrons. The van der Waals surface area contributed by atoms with Crippen molar-refractivity contribution in [2.24, 2.45) is 11.1 Å². The maximum Gasteiger partial charge on any atom is 0.151 e. The third-order valence-electron chi connectivity index (χ3n) is 3.86. The zero-order valence-corrected chi connectivity index (χ0v) is 12.5. The lowest BCUT2D eigenvalue weighted by molar-refractivity contribution is 0.142. The first-order chi connectivity index (χ1) is 8.86. The molecule has 19 heavy (non-hydrogen) atoms. The molecule has 0 bridgehead atoms. The molecule has 1 aromatic rings. The van der Waals surface area contributed by atoms with Crippen LogP contribution in [0.2, 0.25) is 5.02 Å². The fourth-order valence-corrected chi connectivity index (χ4v) is 5.18. The minimum Gasteiger partial charge on any atom is -0.384 e. The van der Waals surface area contributed by atoms with Crippen LogP contribution in [-0.2, 0) is 14.6 Å². The first-order valence-corrected chi connectivity index (χ1v) is 8.33. The van der Waals surface area contributed by atoms with E-state index in [1.807, 2.05) is 12.1 Å². The largest absolute Gasteiger partial charge is 0.384 e. The number of sulfone groups is 1. The van der Waals surface area contributed by atoms with Gasteiger partial charge in [0.15, 0.2) is 9.84 Å². The molecule has 1 aliphatic carbocycles. The summed E-state index contributed by atoms with van der Waals surface area (Å²) in [4.78, 5) is 0. The van der Waals surface area contributed by atoms with Gasteiger partial charge in [-0.3, -0.25) is 0 Å². The maximum absolute atomic E-state index is 12.0. The summed E-state index contributed by atoms with van der Waals surface area (Å²) < 4.78 is 29.1. The van der Waals surface area contributed by atoms with E-state index in [-0.39, 0.29) is 12.5 Å². The molecule has 2 N–H and O–H groups in total. The highest BCUT2D eigenvalue weighted by atomic mass is 35.5. The fourth-order valence-electron chi connectivity index (χ4n) is 3.05. The van der Waals surface area contributed by atoms with Crippen LogP contribution in [0.15, 0.2) is 24.3 Å². The van der Waals surface area contributed by atoms with E-state index >= 15 is 0 Å². The van der Waals surface area contributed by atoms with E-state index in [9.17, 15) is 8.42 Å². The molecule has 2 rings (SSSR count). The summed E-state index contributed by atoms with van der Waals surface area (Å²) in [6, 6.07) is 7.25.